The van der Waals surface area contributed by atoms with E-state index >= 15 is 0 Å². The Labute approximate surface area is 89.8 Å². The van der Waals surface area contributed by atoms with Crippen LogP contribution in [0.15, 0.2) is 18.2 Å². The van der Waals surface area contributed by atoms with Crippen LogP contribution in [-0.4, -0.2) is 19.0 Å². The normalized spacial score (nSPS) is 12.5. The molecule has 1 aromatic carbocycles. The van der Waals surface area contributed by atoms with Gasteiger partial charge in [-0.05, 0) is 24.6 Å². The number of alkyl halides is 3. The van der Waals surface area contributed by atoms with E-state index in [0.29, 0.717) is 5.56 Å². The van der Waals surface area contributed by atoms with Crippen LogP contribution in [0.4, 0.5) is 18.9 Å². The van der Waals surface area contributed by atoms with Crippen LogP contribution in [0.1, 0.15) is 5.56 Å². The van der Waals surface area contributed by atoms with Gasteiger partial charge >= 0.3 is 15.5 Å². The molecular formula is C8H8F3NO3S. The molecule has 0 aromatic heterocycles. The Bertz CT molecular complexity index is 496. The van der Waals surface area contributed by atoms with Gasteiger partial charge in [0.2, 0.25) is 0 Å². The summed E-state index contributed by atoms with van der Waals surface area (Å²) >= 11 is 0. The van der Waals surface area contributed by atoms with Crippen molar-refractivity contribution in [3.05, 3.63) is 23.8 Å². The maximum Gasteiger partial charge on any atom is 0.516 e. The molecule has 0 amide bonds. The first-order chi connectivity index (χ1) is 7.13. The first-order valence-electron chi connectivity index (χ1n) is 4.02. The molecule has 0 unspecified atom stereocenters. The lowest BCUT2D eigenvalue weighted by molar-refractivity contribution is -0.0429. The van der Waals surface area contributed by atoms with Gasteiger partial charge in [-0.25, -0.2) is 0 Å². The Kier molecular flexibility index (Phi) is 3.04. The minimum Gasteiger partial charge on any atom is -0.506 e. The van der Waals surface area contributed by atoms with Gasteiger partial charge in [-0.3, -0.25) is 4.72 Å². The molecule has 0 aliphatic rings. The summed E-state index contributed by atoms with van der Waals surface area (Å²) in [6.07, 6.45) is 0. The molecule has 0 spiro atoms. The number of rotatable bonds is 2. The first kappa shape index (κ1) is 12.6. The molecule has 0 saturated heterocycles. The van der Waals surface area contributed by atoms with Crippen LogP contribution >= 0.6 is 0 Å². The lowest BCUT2D eigenvalue weighted by Gasteiger charge is -2.11. The van der Waals surface area contributed by atoms with E-state index in [1.165, 1.54) is 10.8 Å². The highest BCUT2D eigenvalue weighted by Crippen LogP contribution is 2.30. The number of hydrogen-bond acceptors (Lipinski definition) is 3. The number of benzene rings is 1. The highest BCUT2D eigenvalue weighted by Gasteiger charge is 2.46. The zero-order valence-corrected chi connectivity index (χ0v) is 8.85. The van der Waals surface area contributed by atoms with Crippen molar-refractivity contribution in [3.8, 4) is 5.75 Å². The van der Waals surface area contributed by atoms with Crippen molar-refractivity contribution in [1.82, 2.24) is 0 Å². The third-order valence-corrected chi connectivity index (χ3v) is 2.80. The average Bonchev–Trinajstić information content (AvgIpc) is 2.09. The summed E-state index contributed by atoms with van der Waals surface area (Å²) in [4.78, 5) is 0. The summed E-state index contributed by atoms with van der Waals surface area (Å²) in [7, 11) is -5.50. The monoisotopic (exact) mass is 255 g/mol. The van der Waals surface area contributed by atoms with Crippen molar-refractivity contribution < 1.29 is 26.7 Å². The lowest BCUT2D eigenvalue weighted by atomic mass is 10.2. The van der Waals surface area contributed by atoms with Crippen molar-refractivity contribution in [2.24, 2.45) is 0 Å². The predicted molar refractivity (Wildman–Crippen MR) is 51.4 cm³/mol. The predicted octanol–water partition coefficient (Wildman–Crippen LogP) is 1.96. The van der Waals surface area contributed by atoms with E-state index in [2.05, 4.69) is 0 Å². The molecule has 1 aromatic rings. The SMILES string of the molecule is Cc1ccc(O)c(NS(=O)(=O)C(F)(F)F)c1. The topological polar surface area (TPSA) is 66.4 Å². The van der Waals surface area contributed by atoms with Gasteiger partial charge in [-0.15, -0.1) is 0 Å². The van der Waals surface area contributed by atoms with Crippen LogP contribution in [0.25, 0.3) is 0 Å². The quantitative estimate of drug-likeness (QED) is 0.794. The maximum absolute atomic E-state index is 12.0. The fourth-order valence-corrected chi connectivity index (χ4v) is 1.50. The van der Waals surface area contributed by atoms with Crippen LogP contribution in [0.2, 0.25) is 0 Å². The molecule has 0 aliphatic carbocycles. The molecule has 16 heavy (non-hydrogen) atoms. The van der Waals surface area contributed by atoms with Gasteiger partial charge in [0, 0.05) is 0 Å². The third-order valence-electron chi connectivity index (χ3n) is 1.70. The molecule has 0 fully saturated rings. The second kappa shape index (κ2) is 3.85. The molecule has 0 radical (unpaired) electrons. The molecule has 0 atom stereocenters. The van der Waals surface area contributed by atoms with E-state index in [1.54, 1.807) is 6.92 Å². The molecule has 8 heteroatoms. The minimum absolute atomic E-state index is 0.502. The Morgan fingerprint density at radius 3 is 2.38 bits per heavy atom. The van der Waals surface area contributed by atoms with Crippen LogP contribution < -0.4 is 4.72 Å². The number of aromatic hydroxyl groups is 1. The average molecular weight is 255 g/mol. The van der Waals surface area contributed by atoms with Crippen molar-refractivity contribution in [2.75, 3.05) is 4.72 Å². The van der Waals surface area contributed by atoms with E-state index in [4.69, 9.17) is 5.11 Å². The molecule has 0 heterocycles. The summed E-state index contributed by atoms with van der Waals surface area (Å²) in [5.41, 5.74) is -5.40. The number of aryl methyl sites for hydroxylation is 1. The molecule has 2 N–H and O–H groups in total. The summed E-state index contributed by atoms with van der Waals surface area (Å²) in [5, 5.41) is 9.17. The van der Waals surface area contributed by atoms with Crippen molar-refractivity contribution in [3.63, 3.8) is 0 Å². The standard InChI is InChI=1S/C8H8F3NO3S/c1-5-2-3-7(13)6(4-5)12-16(14,15)8(9,10)11/h2-4,12-13H,1H3. The van der Waals surface area contributed by atoms with E-state index in [1.807, 2.05) is 0 Å². The van der Waals surface area contributed by atoms with Crippen molar-refractivity contribution >= 4 is 15.7 Å². The van der Waals surface area contributed by atoms with Gasteiger partial charge in [0.05, 0.1) is 5.69 Å². The van der Waals surface area contributed by atoms with Crippen LogP contribution in [-0.2, 0) is 10.0 Å². The Morgan fingerprint density at radius 2 is 1.88 bits per heavy atom. The molecule has 4 nitrogen and oxygen atoms in total. The second-order valence-electron chi connectivity index (χ2n) is 3.07. The first-order valence-corrected chi connectivity index (χ1v) is 5.50. The second-order valence-corrected chi connectivity index (χ2v) is 4.75. The van der Waals surface area contributed by atoms with Crippen LogP contribution in [0, 0.1) is 6.92 Å². The smallest absolute Gasteiger partial charge is 0.506 e. The lowest BCUT2D eigenvalue weighted by Crippen LogP contribution is -2.29. The van der Waals surface area contributed by atoms with Crippen molar-refractivity contribution in [2.45, 2.75) is 12.4 Å². The fraction of sp³-hybridized carbons (Fsp3) is 0.250. The summed E-state index contributed by atoms with van der Waals surface area (Å²) in [6, 6.07) is 3.63. The van der Waals surface area contributed by atoms with Gasteiger partial charge in [0.25, 0.3) is 0 Å². The third kappa shape index (κ3) is 2.57. The molecule has 90 valence electrons. The molecule has 0 saturated carbocycles. The number of nitrogens with one attached hydrogen (secondary N) is 1. The number of hydrogen-bond donors (Lipinski definition) is 2. The van der Waals surface area contributed by atoms with Gasteiger partial charge in [0.1, 0.15) is 5.75 Å². The zero-order chi connectivity index (χ0) is 12.6. The minimum atomic E-state index is -5.50. The molecule has 0 aliphatic heterocycles. The number of halogens is 3. The summed E-state index contributed by atoms with van der Waals surface area (Å²) in [6.45, 7) is 1.55. The largest absolute Gasteiger partial charge is 0.516 e. The van der Waals surface area contributed by atoms with Gasteiger partial charge in [0.15, 0.2) is 0 Å². The Morgan fingerprint density at radius 1 is 1.31 bits per heavy atom. The number of sulfonamides is 1. The van der Waals surface area contributed by atoms with Crippen molar-refractivity contribution in [1.29, 1.82) is 0 Å². The number of anilines is 1. The van der Waals surface area contributed by atoms with E-state index < -0.39 is 27.0 Å². The maximum atomic E-state index is 12.0. The van der Waals surface area contributed by atoms with Gasteiger partial charge in [-0.1, -0.05) is 6.07 Å². The number of phenols is 1. The zero-order valence-electron chi connectivity index (χ0n) is 8.04. The van der Waals surface area contributed by atoms with Gasteiger partial charge in [-0.2, -0.15) is 21.6 Å². The van der Waals surface area contributed by atoms with Crippen LogP contribution in [0.3, 0.4) is 0 Å². The van der Waals surface area contributed by atoms with E-state index in [9.17, 15) is 21.6 Å². The highest BCUT2D eigenvalue weighted by molar-refractivity contribution is 7.93. The highest BCUT2D eigenvalue weighted by atomic mass is 32.2. The Hall–Kier alpha value is -1.44. The van der Waals surface area contributed by atoms with E-state index in [0.717, 1.165) is 12.1 Å². The van der Waals surface area contributed by atoms with E-state index in [-0.39, 0.29) is 0 Å². The molecule has 0 bridgehead atoms. The van der Waals surface area contributed by atoms with Gasteiger partial charge < -0.3 is 5.11 Å². The molecule has 1 rings (SSSR count). The molecular weight excluding hydrogens is 247 g/mol. The Balaban J connectivity index is 3.11. The fourth-order valence-electron chi connectivity index (χ4n) is 0.934. The van der Waals surface area contributed by atoms with Crippen LogP contribution in [0.5, 0.6) is 5.75 Å². The summed E-state index contributed by atoms with van der Waals surface area (Å²) in [5.74, 6) is -0.571. The number of phenolic OH excluding ortho intramolecular Hbond substituents is 1. The summed E-state index contributed by atoms with van der Waals surface area (Å²) < 4.78 is 58.8.